The quantitative estimate of drug-likeness (QED) is 0.869. The zero-order valence-electron chi connectivity index (χ0n) is 11.1. The first-order valence-electron chi connectivity index (χ1n) is 6.30. The van der Waals surface area contributed by atoms with Gasteiger partial charge in [-0.3, -0.25) is 4.79 Å². The molecule has 1 aromatic heterocycles. The average molecular weight is 328 g/mol. The number of pyridine rings is 1. The lowest BCUT2D eigenvalue weighted by atomic mass is 10.2. The Morgan fingerprint density at radius 2 is 2.37 bits per heavy atom. The largest absolute Gasteiger partial charge is 0.383 e. The van der Waals surface area contributed by atoms with E-state index < -0.39 is 0 Å². The van der Waals surface area contributed by atoms with Crippen LogP contribution in [-0.4, -0.2) is 49.1 Å². The summed E-state index contributed by atoms with van der Waals surface area (Å²) < 4.78 is 5.89. The van der Waals surface area contributed by atoms with Crippen LogP contribution in [0, 0.1) is 0 Å². The first kappa shape index (κ1) is 14.3. The van der Waals surface area contributed by atoms with Crippen LogP contribution in [0.2, 0.25) is 0 Å². The standard InChI is InChI=1S/C13H18BrN3O2/c1-15-12-11(7-9(14)8-16-12)13(18)17(5-6-19-2)10-3-4-10/h7-8,10H,3-6H2,1-2H3,(H,15,16). The van der Waals surface area contributed by atoms with E-state index in [0.717, 1.165) is 17.3 Å². The van der Waals surface area contributed by atoms with Gasteiger partial charge >= 0.3 is 0 Å². The number of nitrogens with one attached hydrogen (secondary N) is 1. The van der Waals surface area contributed by atoms with Gasteiger partial charge in [-0.1, -0.05) is 0 Å². The SMILES string of the molecule is CNc1ncc(Br)cc1C(=O)N(CCOC)C1CC1. The van der Waals surface area contributed by atoms with E-state index in [1.54, 1.807) is 20.4 Å². The monoisotopic (exact) mass is 327 g/mol. The molecule has 0 aliphatic heterocycles. The molecule has 1 N–H and O–H groups in total. The molecular formula is C13H18BrN3O2. The molecule has 19 heavy (non-hydrogen) atoms. The Hall–Kier alpha value is -1.14. The normalized spacial score (nSPS) is 14.3. The molecule has 0 spiro atoms. The van der Waals surface area contributed by atoms with Gasteiger partial charge in [-0.25, -0.2) is 4.98 Å². The fraction of sp³-hybridized carbons (Fsp3) is 0.538. The lowest BCUT2D eigenvalue weighted by molar-refractivity contribution is 0.0680. The van der Waals surface area contributed by atoms with Crippen LogP contribution < -0.4 is 5.32 Å². The van der Waals surface area contributed by atoms with E-state index in [0.29, 0.717) is 30.6 Å². The summed E-state index contributed by atoms with van der Waals surface area (Å²) in [6, 6.07) is 2.16. The molecule has 0 unspecified atom stereocenters. The second-order valence-corrected chi connectivity index (χ2v) is 5.44. The molecule has 6 heteroatoms. The van der Waals surface area contributed by atoms with Gasteiger partial charge in [0, 0.05) is 37.4 Å². The summed E-state index contributed by atoms with van der Waals surface area (Å²) >= 11 is 3.36. The third kappa shape index (κ3) is 3.45. The maximum absolute atomic E-state index is 12.6. The molecule has 0 aromatic carbocycles. The van der Waals surface area contributed by atoms with Crippen molar-refractivity contribution >= 4 is 27.7 Å². The highest BCUT2D eigenvalue weighted by molar-refractivity contribution is 9.10. The van der Waals surface area contributed by atoms with Gasteiger partial charge in [0.2, 0.25) is 0 Å². The van der Waals surface area contributed by atoms with Crippen molar-refractivity contribution in [1.82, 2.24) is 9.88 Å². The van der Waals surface area contributed by atoms with E-state index in [9.17, 15) is 4.79 Å². The molecule has 0 saturated heterocycles. The summed E-state index contributed by atoms with van der Waals surface area (Å²) in [6.07, 6.45) is 3.83. The second-order valence-electron chi connectivity index (χ2n) is 4.52. The number of carbonyl (C=O) groups excluding carboxylic acids is 1. The Bertz CT molecular complexity index is 463. The summed E-state index contributed by atoms with van der Waals surface area (Å²) in [5.74, 6) is 0.619. The van der Waals surface area contributed by atoms with Gasteiger partial charge in [0.05, 0.1) is 12.2 Å². The van der Waals surface area contributed by atoms with Gasteiger partial charge in [-0.2, -0.15) is 0 Å². The first-order chi connectivity index (χ1) is 9.17. The molecule has 1 fully saturated rings. The summed E-state index contributed by atoms with van der Waals surface area (Å²) in [7, 11) is 3.42. The van der Waals surface area contributed by atoms with Crippen molar-refractivity contribution in [2.75, 3.05) is 32.6 Å². The molecule has 1 heterocycles. The van der Waals surface area contributed by atoms with Crippen molar-refractivity contribution in [3.8, 4) is 0 Å². The Balaban J connectivity index is 2.22. The zero-order chi connectivity index (χ0) is 13.8. The van der Waals surface area contributed by atoms with Crippen LogP contribution in [0.1, 0.15) is 23.2 Å². The van der Waals surface area contributed by atoms with Crippen LogP contribution in [0.25, 0.3) is 0 Å². The molecule has 1 aromatic rings. The molecule has 2 rings (SSSR count). The number of nitrogens with zero attached hydrogens (tertiary/aromatic N) is 2. The van der Waals surface area contributed by atoms with Crippen molar-refractivity contribution in [1.29, 1.82) is 0 Å². The number of amides is 1. The van der Waals surface area contributed by atoms with E-state index in [-0.39, 0.29) is 5.91 Å². The number of hydrogen-bond donors (Lipinski definition) is 1. The van der Waals surface area contributed by atoms with Crippen molar-refractivity contribution in [3.63, 3.8) is 0 Å². The van der Waals surface area contributed by atoms with Gasteiger partial charge < -0.3 is 15.0 Å². The molecule has 1 amide bonds. The van der Waals surface area contributed by atoms with Crippen LogP contribution in [0.15, 0.2) is 16.7 Å². The third-order valence-corrected chi connectivity index (χ3v) is 3.54. The minimum absolute atomic E-state index is 0.0118. The van der Waals surface area contributed by atoms with Crippen LogP contribution in [0.4, 0.5) is 5.82 Å². The van der Waals surface area contributed by atoms with Crippen LogP contribution in [0.5, 0.6) is 0 Å². The minimum Gasteiger partial charge on any atom is -0.383 e. The maximum Gasteiger partial charge on any atom is 0.257 e. The molecule has 0 radical (unpaired) electrons. The van der Waals surface area contributed by atoms with Crippen molar-refractivity contribution < 1.29 is 9.53 Å². The molecule has 104 valence electrons. The average Bonchev–Trinajstić information content (AvgIpc) is 3.23. The number of methoxy groups -OCH3 is 1. The molecule has 1 aliphatic carbocycles. The Labute approximate surface area is 121 Å². The Morgan fingerprint density at radius 3 is 2.95 bits per heavy atom. The topological polar surface area (TPSA) is 54.5 Å². The van der Waals surface area contributed by atoms with Crippen molar-refractivity contribution in [3.05, 3.63) is 22.3 Å². The van der Waals surface area contributed by atoms with Gasteiger partial charge in [0.25, 0.3) is 5.91 Å². The van der Waals surface area contributed by atoms with Crippen molar-refractivity contribution in [2.24, 2.45) is 0 Å². The smallest absolute Gasteiger partial charge is 0.257 e. The van der Waals surface area contributed by atoms with Crippen molar-refractivity contribution in [2.45, 2.75) is 18.9 Å². The van der Waals surface area contributed by atoms with Gasteiger partial charge in [-0.15, -0.1) is 0 Å². The summed E-state index contributed by atoms with van der Waals surface area (Å²) in [5, 5.41) is 2.96. The first-order valence-corrected chi connectivity index (χ1v) is 7.10. The zero-order valence-corrected chi connectivity index (χ0v) is 12.7. The lowest BCUT2D eigenvalue weighted by Gasteiger charge is -2.23. The number of rotatable bonds is 6. The van der Waals surface area contributed by atoms with Crippen LogP contribution in [0.3, 0.4) is 0 Å². The number of carbonyl (C=O) groups is 1. The highest BCUT2D eigenvalue weighted by Gasteiger charge is 2.33. The fourth-order valence-corrected chi connectivity index (χ4v) is 2.31. The highest BCUT2D eigenvalue weighted by Crippen LogP contribution is 2.29. The van der Waals surface area contributed by atoms with Crippen LogP contribution >= 0.6 is 15.9 Å². The van der Waals surface area contributed by atoms with E-state index >= 15 is 0 Å². The lowest BCUT2D eigenvalue weighted by Crippen LogP contribution is -2.36. The summed E-state index contributed by atoms with van der Waals surface area (Å²) in [4.78, 5) is 18.7. The predicted molar refractivity (Wildman–Crippen MR) is 77.4 cm³/mol. The molecule has 0 bridgehead atoms. The maximum atomic E-state index is 12.6. The predicted octanol–water partition coefficient (Wildman–Crippen LogP) is 2.14. The van der Waals surface area contributed by atoms with E-state index in [1.165, 1.54) is 0 Å². The Morgan fingerprint density at radius 1 is 1.63 bits per heavy atom. The number of anilines is 1. The molecule has 1 aliphatic rings. The molecule has 1 saturated carbocycles. The molecule has 0 atom stereocenters. The van der Waals surface area contributed by atoms with E-state index in [4.69, 9.17) is 4.74 Å². The molecular weight excluding hydrogens is 310 g/mol. The summed E-state index contributed by atoms with van der Waals surface area (Å²) in [5.41, 5.74) is 0.597. The highest BCUT2D eigenvalue weighted by atomic mass is 79.9. The number of ether oxygens (including phenoxy) is 1. The van der Waals surface area contributed by atoms with E-state index in [1.807, 2.05) is 11.0 Å². The van der Waals surface area contributed by atoms with Gasteiger partial charge in [0.15, 0.2) is 0 Å². The van der Waals surface area contributed by atoms with Gasteiger partial charge in [0.1, 0.15) is 5.82 Å². The number of halogens is 1. The minimum atomic E-state index is 0.0118. The number of aromatic nitrogens is 1. The van der Waals surface area contributed by atoms with Gasteiger partial charge in [-0.05, 0) is 34.8 Å². The van der Waals surface area contributed by atoms with Crippen LogP contribution in [-0.2, 0) is 4.74 Å². The fourth-order valence-electron chi connectivity index (χ4n) is 1.98. The third-order valence-electron chi connectivity index (χ3n) is 3.11. The number of hydrogen-bond acceptors (Lipinski definition) is 4. The summed E-state index contributed by atoms with van der Waals surface area (Å²) in [6.45, 7) is 1.17. The Kier molecular flexibility index (Phi) is 4.76. The van der Waals surface area contributed by atoms with E-state index in [2.05, 4.69) is 26.2 Å². The molecule has 5 nitrogen and oxygen atoms in total. The second kappa shape index (κ2) is 6.34.